The summed E-state index contributed by atoms with van der Waals surface area (Å²) >= 11 is 11.9. The largest absolute Gasteiger partial charge is 0.207 e. The smallest absolute Gasteiger partial charge is 0.133 e. The first-order valence-electron chi connectivity index (χ1n) is 5.93. The summed E-state index contributed by atoms with van der Waals surface area (Å²) in [6.45, 7) is 1.51. The Kier molecular flexibility index (Phi) is 4.61. The molecule has 0 aliphatic carbocycles. The Morgan fingerprint density at radius 2 is 1.75 bits per heavy atom. The van der Waals surface area contributed by atoms with Crippen molar-refractivity contribution in [3.05, 3.63) is 69.5 Å². The van der Waals surface area contributed by atoms with E-state index in [0.29, 0.717) is 0 Å². The molecule has 0 aliphatic rings. The first kappa shape index (κ1) is 15.2. The first-order chi connectivity index (χ1) is 9.41. The van der Waals surface area contributed by atoms with Crippen LogP contribution in [0.3, 0.4) is 0 Å². The molecule has 1 unspecified atom stereocenters. The van der Waals surface area contributed by atoms with E-state index in [1.54, 1.807) is 0 Å². The van der Waals surface area contributed by atoms with Crippen LogP contribution in [-0.2, 0) is 6.42 Å². The summed E-state index contributed by atoms with van der Waals surface area (Å²) in [5, 5.41) is -0.853. The van der Waals surface area contributed by atoms with E-state index >= 15 is 0 Å². The van der Waals surface area contributed by atoms with Gasteiger partial charge >= 0.3 is 0 Å². The fourth-order valence-corrected chi connectivity index (χ4v) is 2.57. The van der Waals surface area contributed by atoms with E-state index in [1.165, 1.54) is 31.2 Å². The zero-order valence-electron chi connectivity index (χ0n) is 10.6. The average molecular weight is 319 g/mol. The summed E-state index contributed by atoms with van der Waals surface area (Å²) in [7, 11) is 0. The predicted molar refractivity (Wildman–Crippen MR) is 74.8 cm³/mol. The zero-order chi connectivity index (χ0) is 14.9. The normalized spacial score (nSPS) is 12.5. The summed E-state index contributed by atoms with van der Waals surface area (Å²) < 4.78 is 41.4. The Labute approximate surface area is 125 Å². The number of rotatable bonds is 3. The molecule has 0 aromatic heterocycles. The fourth-order valence-electron chi connectivity index (χ4n) is 1.97. The van der Waals surface area contributed by atoms with Gasteiger partial charge in [0, 0.05) is 16.1 Å². The number of alkyl halides is 1. The molecule has 0 nitrogen and oxygen atoms in total. The molecule has 0 radical (unpaired) electrons. The molecule has 0 amide bonds. The highest BCUT2D eigenvalue weighted by atomic mass is 35.5. The molecule has 0 aliphatic heterocycles. The molecule has 20 heavy (non-hydrogen) atoms. The molecule has 0 bridgehead atoms. The topological polar surface area (TPSA) is 0 Å². The van der Waals surface area contributed by atoms with Gasteiger partial charge in [-0.05, 0) is 37.1 Å². The summed E-state index contributed by atoms with van der Waals surface area (Å²) in [5.74, 6) is -2.00. The van der Waals surface area contributed by atoms with Crippen LogP contribution in [0.2, 0.25) is 5.02 Å². The molecule has 0 saturated carbocycles. The molecule has 0 saturated heterocycles. The summed E-state index contributed by atoms with van der Waals surface area (Å²) in [4.78, 5) is 0. The van der Waals surface area contributed by atoms with Crippen LogP contribution in [0.5, 0.6) is 0 Å². The van der Waals surface area contributed by atoms with Crippen LogP contribution in [0.25, 0.3) is 0 Å². The summed E-state index contributed by atoms with van der Waals surface area (Å²) in [5.41, 5.74) is 0.173. The van der Waals surface area contributed by atoms with Gasteiger partial charge in [-0.15, -0.1) is 11.6 Å². The lowest BCUT2D eigenvalue weighted by atomic mass is 10.0. The molecule has 0 N–H and O–H groups in total. The molecule has 5 heteroatoms. The second-order valence-electron chi connectivity index (χ2n) is 4.46. The SMILES string of the molecule is Cc1ccc(F)c(C(Cl)Cc2c(F)cccc2Cl)c1F. The third kappa shape index (κ3) is 2.94. The zero-order valence-corrected chi connectivity index (χ0v) is 12.1. The maximum atomic E-state index is 14.0. The minimum absolute atomic E-state index is 0.0929. The van der Waals surface area contributed by atoms with Crippen molar-refractivity contribution in [1.82, 2.24) is 0 Å². The number of halogens is 5. The first-order valence-corrected chi connectivity index (χ1v) is 6.74. The van der Waals surface area contributed by atoms with Gasteiger partial charge in [0.15, 0.2) is 0 Å². The molecule has 1 atom stereocenters. The van der Waals surface area contributed by atoms with Gasteiger partial charge in [0.1, 0.15) is 17.5 Å². The van der Waals surface area contributed by atoms with Crippen molar-refractivity contribution in [3.8, 4) is 0 Å². The number of aryl methyl sites for hydroxylation is 1. The van der Waals surface area contributed by atoms with Gasteiger partial charge < -0.3 is 0 Å². The Balaban J connectivity index is 2.38. The minimum atomic E-state index is -1.04. The summed E-state index contributed by atoms with van der Waals surface area (Å²) in [6.07, 6.45) is -0.0929. The minimum Gasteiger partial charge on any atom is -0.207 e. The van der Waals surface area contributed by atoms with Crippen LogP contribution in [0.1, 0.15) is 22.1 Å². The monoisotopic (exact) mass is 318 g/mol. The van der Waals surface area contributed by atoms with E-state index in [-0.39, 0.29) is 28.1 Å². The van der Waals surface area contributed by atoms with Gasteiger partial charge in [-0.2, -0.15) is 0 Å². The van der Waals surface area contributed by atoms with E-state index in [0.717, 1.165) is 6.07 Å². The molecule has 2 aromatic rings. The quantitative estimate of drug-likeness (QED) is 0.647. The molecular weight excluding hydrogens is 308 g/mol. The van der Waals surface area contributed by atoms with E-state index in [4.69, 9.17) is 23.2 Å². The molecule has 2 aromatic carbocycles. The highest BCUT2D eigenvalue weighted by molar-refractivity contribution is 6.31. The maximum Gasteiger partial charge on any atom is 0.133 e. The van der Waals surface area contributed by atoms with Crippen molar-refractivity contribution in [2.24, 2.45) is 0 Å². The lowest BCUT2D eigenvalue weighted by Gasteiger charge is -2.14. The second kappa shape index (κ2) is 6.06. The van der Waals surface area contributed by atoms with E-state index in [9.17, 15) is 13.2 Å². The van der Waals surface area contributed by atoms with Gasteiger partial charge in [0.2, 0.25) is 0 Å². The van der Waals surface area contributed by atoms with Gasteiger partial charge in [-0.25, -0.2) is 13.2 Å². The number of hydrogen-bond acceptors (Lipinski definition) is 0. The van der Waals surface area contributed by atoms with Crippen LogP contribution in [0, 0.1) is 24.4 Å². The molecule has 0 spiro atoms. The van der Waals surface area contributed by atoms with Gasteiger partial charge in [0.05, 0.1) is 5.38 Å². The lowest BCUT2D eigenvalue weighted by Crippen LogP contribution is -2.06. The Morgan fingerprint density at radius 3 is 2.40 bits per heavy atom. The van der Waals surface area contributed by atoms with Gasteiger partial charge in [-0.3, -0.25) is 0 Å². The maximum absolute atomic E-state index is 14.0. The van der Waals surface area contributed by atoms with Crippen LogP contribution < -0.4 is 0 Å². The van der Waals surface area contributed by atoms with Crippen molar-refractivity contribution in [3.63, 3.8) is 0 Å². The fraction of sp³-hybridized carbons (Fsp3) is 0.200. The third-order valence-corrected chi connectivity index (χ3v) is 3.80. The molecule has 2 rings (SSSR count). The van der Waals surface area contributed by atoms with E-state index in [1.807, 2.05) is 0 Å². The molecular formula is C15H11Cl2F3. The average Bonchev–Trinajstić information content (AvgIpc) is 2.39. The Hall–Kier alpha value is -1.19. The van der Waals surface area contributed by atoms with Crippen molar-refractivity contribution in [2.45, 2.75) is 18.7 Å². The van der Waals surface area contributed by atoms with E-state index < -0.39 is 22.8 Å². The molecule has 106 valence electrons. The highest BCUT2D eigenvalue weighted by Crippen LogP contribution is 2.33. The third-order valence-electron chi connectivity index (χ3n) is 3.08. The van der Waals surface area contributed by atoms with Crippen molar-refractivity contribution >= 4 is 23.2 Å². The van der Waals surface area contributed by atoms with Crippen molar-refractivity contribution in [1.29, 1.82) is 0 Å². The summed E-state index contributed by atoms with van der Waals surface area (Å²) in [6, 6.07) is 6.67. The molecule has 0 fully saturated rings. The van der Waals surface area contributed by atoms with Gasteiger partial charge in [-0.1, -0.05) is 23.7 Å². The van der Waals surface area contributed by atoms with Crippen LogP contribution >= 0.6 is 23.2 Å². The lowest BCUT2D eigenvalue weighted by molar-refractivity contribution is 0.541. The number of hydrogen-bond donors (Lipinski definition) is 0. The Morgan fingerprint density at radius 1 is 1.05 bits per heavy atom. The van der Waals surface area contributed by atoms with Crippen molar-refractivity contribution < 1.29 is 13.2 Å². The van der Waals surface area contributed by atoms with Crippen molar-refractivity contribution in [2.75, 3.05) is 0 Å². The Bertz CT molecular complexity index is 621. The highest BCUT2D eigenvalue weighted by Gasteiger charge is 2.22. The number of benzene rings is 2. The second-order valence-corrected chi connectivity index (χ2v) is 5.40. The predicted octanol–water partition coefficient (Wildman–Crippen LogP) is 5.59. The van der Waals surface area contributed by atoms with Crippen LogP contribution in [0.4, 0.5) is 13.2 Å². The van der Waals surface area contributed by atoms with E-state index in [2.05, 4.69) is 0 Å². The van der Waals surface area contributed by atoms with Gasteiger partial charge in [0.25, 0.3) is 0 Å². The van der Waals surface area contributed by atoms with Crippen LogP contribution in [0.15, 0.2) is 30.3 Å². The molecule has 0 heterocycles. The van der Waals surface area contributed by atoms with Crippen LogP contribution in [-0.4, -0.2) is 0 Å². The standard InChI is InChI=1S/C15H11Cl2F3/c1-8-5-6-13(19)14(15(8)20)11(17)7-9-10(16)3-2-4-12(9)18/h2-6,11H,7H2,1H3.